The number of hydrogen-bond donors (Lipinski definition) is 0. The molecule has 0 N–H and O–H groups in total. The Labute approximate surface area is 60.5 Å². The summed E-state index contributed by atoms with van der Waals surface area (Å²) in [7, 11) is 0. The first-order chi connectivity index (χ1) is 3.35. The average Bonchev–Trinajstić information content (AvgIpc) is 1.72. The Morgan fingerprint density at radius 2 is 0.900 bits per heavy atom. The Hall–Kier alpha value is -0.250. The van der Waals surface area contributed by atoms with Crippen LogP contribution in [-0.2, 0) is 0 Å². The monoisotopic (exact) mass is 158 g/mol. The van der Waals surface area contributed by atoms with Crippen LogP contribution in [0.4, 0.5) is 0 Å². The van der Waals surface area contributed by atoms with Crippen LogP contribution in [0.25, 0.3) is 0 Å². The molecule has 0 heterocycles. The minimum absolute atomic E-state index is 0. The molecule has 0 aromatic carbocycles. The zero-order chi connectivity index (χ0) is 5.70. The first-order valence-corrected chi connectivity index (χ1v) is 3.07. The summed E-state index contributed by atoms with van der Waals surface area (Å²) in [5.41, 5.74) is 0. The van der Waals surface area contributed by atoms with Gasteiger partial charge in [0.25, 0.3) is 0 Å². The van der Waals surface area contributed by atoms with Crippen molar-refractivity contribution >= 4 is 0 Å². The Kier molecular flexibility index (Phi) is 35.9. The van der Waals surface area contributed by atoms with Crippen molar-refractivity contribution in [1.29, 1.82) is 0 Å². The van der Waals surface area contributed by atoms with Gasteiger partial charge in [-0.2, -0.15) is 0 Å². The molecule has 0 amide bonds. The minimum Gasteiger partial charge on any atom is -1.00 e. The smallest absolute Gasteiger partial charge is 0.00474 e. The summed E-state index contributed by atoms with van der Waals surface area (Å²) in [6.45, 7) is 10.1. The van der Waals surface area contributed by atoms with Gasteiger partial charge in [-0.25, -0.2) is 0 Å². The Balaban J connectivity index is -0.0000000600. The second kappa shape index (κ2) is 15.9. The van der Waals surface area contributed by atoms with E-state index in [1.165, 1.54) is 19.6 Å². The zero-order valence-corrected chi connectivity index (χ0v) is 6.70. The predicted octanol–water partition coefficient (Wildman–Crippen LogP) is -7.64. The third-order valence-electron chi connectivity index (χ3n) is 1.34. The first kappa shape index (κ1) is 22.6. The van der Waals surface area contributed by atoms with Gasteiger partial charge in [-0.1, -0.05) is 20.8 Å². The first-order valence-electron chi connectivity index (χ1n) is 3.07. The molecule has 0 aromatic rings. The molecule has 68 valence electrons. The van der Waals surface area contributed by atoms with Crippen molar-refractivity contribution in [3.05, 3.63) is 0 Å². The lowest BCUT2D eigenvalue weighted by molar-refractivity contribution is -0.00100. The lowest BCUT2D eigenvalue weighted by atomic mass is 10.5. The highest BCUT2D eigenvalue weighted by Gasteiger charge is 1.89. The second-order valence-corrected chi connectivity index (χ2v) is 1.62. The van der Waals surface area contributed by atoms with Crippen molar-refractivity contribution in [3.8, 4) is 0 Å². The summed E-state index contributed by atoms with van der Waals surface area (Å²) in [6, 6.07) is 0. The Morgan fingerprint density at radius 1 is 0.700 bits per heavy atom. The van der Waals surface area contributed by atoms with Crippen LogP contribution in [-0.4, -0.2) is 24.5 Å². The molecule has 0 saturated heterocycles. The molecule has 0 aliphatic carbocycles. The maximum atomic E-state index is 2.38. The molecule has 10 heavy (non-hydrogen) atoms. The predicted molar refractivity (Wildman–Crippen MR) is 33.5 cm³/mol. The van der Waals surface area contributed by atoms with E-state index in [0.29, 0.717) is 0 Å². The highest BCUT2D eigenvalue weighted by molar-refractivity contribution is 4.43. The van der Waals surface area contributed by atoms with Gasteiger partial charge in [0.1, 0.15) is 0 Å². The maximum absolute atomic E-state index is 2.38. The fourth-order valence-electron chi connectivity index (χ4n) is 0.671. The summed E-state index contributed by atoms with van der Waals surface area (Å²) in [5, 5.41) is 0. The molecule has 0 unspecified atom stereocenters. The van der Waals surface area contributed by atoms with Gasteiger partial charge in [0, 0.05) is 0 Å². The van der Waals surface area contributed by atoms with Crippen LogP contribution >= 0.6 is 0 Å². The summed E-state index contributed by atoms with van der Waals surface area (Å²) in [5.74, 6) is 0. The molecule has 0 spiro atoms. The molecule has 0 fully saturated rings. The van der Waals surface area contributed by atoms with E-state index in [1.54, 1.807) is 0 Å². The van der Waals surface area contributed by atoms with Crippen molar-refractivity contribution in [2.45, 2.75) is 20.8 Å². The normalized spacial score (nSPS) is 7.20. The van der Waals surface area contributed by atoms with Crippen LogP contribution in [0.1, 0.15) is 20.8 Å². The van der Waals surface area contributed by atoms with E-state index < -0.39 is 0 Å². The molecule has 4 heteroatoms. The molecule has 0 aromatic heterocycles. The lowest BCUT2D eigenvalue weighted by Gasteiger charge is -2.13. The zero-order valence-electron chi connectivity index (χ0n) is 6.70. The molecule has 0 radical (unpaired) electrons. The number of rotatable bonds is 3. The van der Waals surface area contributed by atoms with Crippen LogP contribution in [0.2, 0.25) is 0 Å². The fraction of sp³-hybridized carbons (Fsp3) is 1.00. The van der Waals surface area contributed by atoms with Gasteiger partial charge in [-0.3, -0.25) is 0 Å². The van der Waals surface area contributed by atoms with E-state index in [9.17, 15) is 0 Å². The number of hydrogen-bond acceptors (Lipinski definition) is 1. The molecule has 0 aliphatic heterocycles. The SMILES string of the molecule is CCN(CC)CC.[F-].[F-].[F-]. The summed E-state index contributed by atoms with van der Waals surface area (Å²) >= 11 is 0. The summed E-state index contributed by atoms with van der Waals surface area (Å²) < 4.78 is 0. The van der Waals surface area contributed by atoms with Gasteiger partial charge in [0.05, 0.1) is 0 Å². The molecule has 1 nitrogen and oxygen atoms in total. The molecular weight excluding hydrogens is 143 g/mol. The van der Waals surface area contributed by atoms with E-state index in [0.717, 1.165) is 0 Å². The van der Waals surface area contributed by atoms with E-state index in [1.807, 2.05) is 0 Å². The van der Waals surface area contributed by atoms with Gasteiger partial charge in [0.2, 0.25) is 0 Å². The fourth-order valence-corrected chi connectivity index (χ4v) is 0.671. The van der Waals surface area contributed by atoms with E-state index >= 15 is 0 Å². The Morgan fingerprint density at radius 3 is 0.900 bits per heavy atom. The van der Waals surface area contributed by atoms with E-state index in [2.05, 4.69) is 25.7 Å². The Bertz CT molecular complexity index is 34.5. The van der Waals surface area contributed by atoms with Crippen molar-refractivity contribution in [3.63, 3.8) is 0 Å². The van der Waals surface area contributed by atoms with Crippen LogP contribution < -0.4 is 14.1 Å². The van der Waals surface area contributed by atoms with Crippen LogP contribution in [0, 0.1) is 0 Å². The van der Waals surface area contributed by atoms with Crippen molar-refractivity contribution in [2.75, 3.05) is 19.6 Å². The third-order valence-corrected chi connectivity index (χ3v) is 1.34. The highest BCUT2D eigenvalue weighted by atomic mass is 19.0. The van der Waals surface area contributed by atoms with Crippen LogP contribution in [0.15, 0.2) is 0 Å². The van der Waals surface area contributed by atoms with Crippen molar-refractivity contribution in [1.82, 2.24) is 4.90 Å². The molecule has 0 rings (SSSR count). The molecule has 0 atom stereocenters. The number of nitrogens with zero attached hydrogens (tertiary/aromatic N) is 1. The minimum atomic E-state index is 0. The van der Waals surface area contributed by atoms with Gasteiger partial charge >= 0.3 is 0 Å². The van der Waals surface area contributed by atoms with Gasteiger partial charge in [0.15, 0.2) is 0 Å². The molecular formula is C6H15F3N-3. The average molecular weight is 158 g/mol. The van der Waals surface area contributed by atoms with Crippen LogP contribution in [0.5, 0.6) is 0 Å². The molecule has 0 aliphatic rings. The third kappa shape index (κ3) is 10.7. The highest BCUT2D eigenvalue weighted by Crippen LogP contribution is 1.81. The van der Waals surface area contributed by atoms with Crippen molar-refractivity contribution < 1.29 is 14.1 Å². The van der Waals surface area contributed by atoms with Gasteiger partial charge < -0.3 is 19.0 Å². The lowest BCUT2D eigenvalue weighted by Crippen LogP contribution is -3.00. The topological polar surface area (TPSA) is 3.24 Å². The standard InChI is InChI=1S/C6H15N.3FH/c1-4-7(5-2)6-3;;;/h4-6H2,1-3H3;3*1H/p-3. The molecule has 0 saturated carbocycles. The van der Waals surface area contributed by atoms with Gasteiger partial charge in [-0.15, -0.1) is 0 Å². The van der Waals surface area contributed by atoms with E-state index in [4.69, 9.17) is 0 Å². The number of halogens is 3. The van der Waals surface area contributed by atoms with Crippen molar-refractivity contribution in [2.24, 2.45) is 0 Å². The summed E-state index contributed by atoms with van der Waals surface area (Å²) in [4.78, 5) is 2.38. The quantitative estimate of drug-likeness (QED) is 0.394. The largest absolute Gasteiger partial charge is 1.00 e. The van der Waals surface area contributed by atoms with E-state index in [-0.39, 0.29) is 14.1 Å². The molecule has 0 bridgehead atoms. The summed E-state index contributed by atoms with van der Waals surface area (Å²) in [6.07, 6.45) is 0. The second-order valence-electron chi connectivity index (χ2n) is 1.62. The maximum Gasteiger partial charge on any atom is -0.00474 e. The van der Waals surface area contributed by atoms with Gasteiger partial charge in [-0.05, 0) is 19.6 Å². The van der Waals surface area contributed by atoms with Crippen LogP contribution in [0.3, 0.4) is 0 Å².